The van der Waals surface area contributed by atoms with Crippen LogP contribution in [0.1, 0.15) is 57.2 Å². The molecule has 0 saturated heterocycles. The molecular weight excluding hydrogens is 396 g/mol. The third-order valence-electron chi connectivity index (χ3n) is 6.36. The first-order chi connectivity index (χ1) is 15.0. The van der Waals surface area contributed by atoms with Gasteiger partial charge in [-0.3, -0.25) is 9.36 Å². The molecule has 2 heterocycles. The first-order valence-corrected chi connectivity index (χ1v) is 11.9. The molecule has 0 saturated carbocycles. The largest absolute Gasteiger partial charge is 0.342 e. The van der Waals surface area contributed by atoms with E-state index in [1.54, 1.807) is 4.57 Å². The second-order valence-corrected chi connectivity index (χ2v) is 10.3. The van der Waals surface area contributed by atoms with Gasteiger partial charge in [-0.2, -0.15) is 4.98 Å². The van der Waals surface area contributed by atoms with E-state index in [2.05, 4.69) is 71.7 Å². The maximum absolute atomic E-state index is 13.7. The molecule has 0 N–H and O–H groups in total. The van der Waals surface area contributed by atoms with Crippen molar-refractivity contribution >= 4 is 17.0 Å². The van der Waals surface area contributed by atoms with E-state index in [9.17, 15) is 4.79 Å². The van der Waals surface area contributed by atoms with Crippen molar-refractivity contribution in [3.05, 3.63) is 45.4 Å². The first-order valence-electron chi connectivity index (χ1n) is 11.9. The second-order valence-electron chi connectivity index (χ2n) is 10.3. The van der Waals surface area contributed by atoms with Crippen LogP contribution < -0.4 is 10.5 Å². The van der Waals surface area contributed by atoms with E-state index in [4.69, 9.17) is 4.98 Å². The standard InChI is InChI=1S/C27H40N4O/c1-17(2)10-12-31(13-11-18(3)4)27-28-25-24(26(32)30(27)9)22(16-29(25)8)23-20(6)14-19(5)15-21(23)7/h14-18H,10-13H2,1-9H3. The van der Waals surface area contributed by atoms with Gasteiger partial charge in [0.1, 0.15) is 5.65 Å². The molecule has 174 valence electrons. The van der Waals surface area contributed by atoms with Crippen molar-refractivity contribution in [3.8, 4) is 11.1 Å². The number of aromatic nitrogens is 3. The smallest absolute Gasteiger partial charge is 0.264 e. The summed E-state index contributed by atoms with van der Waals surface area (Å²) in [5, 5.41) is 0.710. The van der Waals surface area contributed by atoms with Gasteiger partial charge in [-0.05, 0) is 62.1 Å². The molecule has 0 fully saturated rings. The highest BCUT2D eigenvalue weighted by molar-refractivity contribution is 5.95. The molecule has 0 atom stereocenters. The maximum Gasteiger partial charge on any atom is 0.264 e. The van der Waals surface area contributed by atoms with E-state index in [0.29, 0.717) is 17.2 Å². The molecule has 0 aliphatic heterocycles. The average molecular weight is 437 g/mol. The number of hydrogen-bond donors (Lipinski definition) is 0. The summed E-state index contributed by atoms with van der Waals surface area (Å²) in [6.45, 7) is 17.1. The molecule has 3 aromatic rings. The van der Waals surface area contributed by atoms with Gasteiger partial charge in [0.15, 0.2) is 0 Å². The van der Waals surface area contributed by atoms with Gasteiger partial charge in [0, 0.05) is 38.9 Å². The van der Waals surface area contributed by atoms with E-state index < -0.39 is 0 Å². The number of hydrogen-bond acceptors (Lipinski definition) is 3. The minimum atomic E-state index is 0.0269. The summed E-state index contributed by atoms with van der Waals surface area (Å²) in [5.41, 5.74) is 6.53. The molecule has 0 unspecified atom stereocenters. The van der Waals surface area contributed by atoms with E-state index in [1.807, 2.05) is 18.7 Å². The van der Waals surface area contributed by atoms with Gasteiger partial charge >= 0.3 is 0 Å². The number of aryl methyl sites for hydroxylation is 4. The van der Waals surface area contributed by atoms with Crippen LogP contribution in [0.15, 0.2) is 23.1 Å². The highest BCUT2D eigenvalue weighted by Crippen LogP contribution is 2.33. The van der Waals surface area contributed by atoms with E-state index >= 15 is 0 Å². The van der Waals surface area contributed by atoms with Gasteiger partial charge in [-0.1, -0.05) is 45.4 Å². The lowest BCUT2D eigenvalue weighted by molar-refractivity contribution is 0.525. The Hall–Kier alpha value is -2.56. The Labute approximate surface area is 193 Å². The van der Waals surface area contributed by atoms with Crippen molar-refractivity contribution in [1.29, 1.82) is 0 Å². The molecule has 5 nitrogen and oxygen atoms in total. The van der Waals surface area contributed by atoms with Gasteiger partial charge in [0.25, 0.3) is 5.56 Å². The molecule has 0 bridgehead atoms. The normalized spacial score (nSPS) is 11.8. The van der Waals surface area contributed by atoms with Crippen molar-refractivity contribution in [2.75, 3.05) is 18.0 Å². The monoisotopic (exact) mass is 436 g/mol. The van der Waals surface area contributed by atoms with Crippen molar-refractivity contribution in [1.82, 2.24) is 14.1 Å². The highest BCUT2D eigenvalue weighted by atomic mass is 16.1. The van der Waals surface area contributed by atoms with Gasteiger partial charge < -0.3 is 9.47 Å². The van der Waals surface area contributed by atoms with Crippen LogP contribution in [0, 0.1) is 32.6 Å². The fourth-order valence-corrected chi connectivity index (χ4v) is 4.61. The van der Waals surface area contributed by atoms with Crippen LogP contribution in [-0.4, -0.2) is 27.2 Å². The summed E-state index contributed by atoms with van der Waals surface area (Å²) >= 11 is 0. The lowest BCUT2D eigenvalue weighted by Crippen LogP contribution is -2.34. The van der Waals surface area contributed by atoms with Crippen LogP contribution in [0.3, 0.4) is 0 Å². The minimum absolute atomic E-state index is 0.0269. The van der Waals surface area contributed by atoms with Crippen LogP contribution in [-0.2, 0) is 14.1 Å². The molecule has 32 heavy (non-hydrogen) atoms. The number of anilines is 1. The third kappa shape index (κ3) is 4.77. The summed E-state index contributed by atoms with van der Waals surface area (Å²) < 4.78 is 3.77. The van der Waals surface area contributed by atoms with Crippen LogP contribution in [0.25, 0.3) is 22.2 Å². The topological polar surface area (TPSA) is 43.1 Å². The van der Waals surface area contributed by atoms with Gasteiger partial charge in [-0.15, -0.1) is 0 Å². The van der Waals surface area contributed by atoms with Crippen molar-refractivity contribution in [2.24, 2.45) is 25.9 Å². The zero-order chi connectivity index (χ0) is 23.7. The molecular formula is C27H40N4O. The highest BCUT2D eigenvalue weighted by Gasteiger charge is 2.22. The Morgan fingerprint density at radius 3 is 1.97 bits per heavy atom. The fourth-order valence-electron chi connectivity index (χ4n) is 4.61. The Morgan fingerprint density at radius 2 is 1.47 bits per heavy atom. The minimum Gasteiger partial charge on any atom is -0.342 e. The molecule has 0 aliphatic carbocycles. The zero-order valence-corrected chi connectivity index (χ0v) is 21.4. The lowest BCUT2D eigenvalue weighted by atomic mass is 9.94. The predicted molar refractivity (Wildman–Crippen MR) is 137 cm³/mol. The molecule has 0 amide bonds. The Balaban J connectivity index is 2.20. The lowest BCUT2D eigenvalue weighted by Gasteiger charge is -2.27. The summed E-state index contributed by atoms with van der Waals surface area (Å²) in [7, 11) is 3.86. The van der Waals surface area contributed by atoms with Crippen molar-refractivity contribution in [3.63, 3.8) is 0 Å². The number of benzene rings is 1. The van der Waals surface area contributed by atoms with Crippen LogP contribution in [0.5, 0.6) is 0 Å². The molecule has 1 aromatic carbocycles. The van der Waals surface area contributed by atoms with Crippen LogP contribution in [0.4, 0.5) is 5.95 Å². The molecule has 0 radical (unpaired) electrons. The molecule has 0 spiro atoms. The maximum atomic E-state index is 13.7. The number of rotatable bonds is 8. The first kappa shape index (κ1) is 24.1. The van der Waals surface area contributed by atoms with Crippen molar-refractivity contribution in [2.45, 2.75) is 61.3 Å². The zero-order valence-electron chi connectivity index (χ0n) is 21.4. The number of fused-ring (bicyclic) bond motifs is 1. The Kier molecular flexibility index (Phi) is 7.16. The SMILES string of the molecule is Cc1cc(C)c(-c2cn(C)c3nc(N(CCC(C)C)CCC(C)C)n(C)c(=O)c23)c(C)c1. The second kappa shape index (κ2) is 9.51. The predicted octanol–water partition coefficient (Wildman–Crippen LogP) is 5.76. The van der Waals surface area contributed by atoms with Crippen LogP contribution in [0.2, 0.25) is 0 Å². The summed E-state index contributed by atoms with van der Waals surface area (Å²) in [4.78, 5) is 21.1. The molecule has 5 heteroatoms. The summed E-state index contributed by atoms with van der Waals surface area (Å²) in [6.07, 6.45) is 4.22. The summed E-state index contributed by atoms with van der Waals surface area (Å²) in [6, 6.07) is 4.38. The fraction of sp³-hybridized carbons (Fsp3) is 0.556. The summed E-state index contributed by atoms with van der Waals surface area (Å²) in [5.74, 6) is 1.98. The Morgan fingerprint density at radius 1 is 0.938 bits per heavy atom. The van der Waals surface area contributed by atoms with Gasteiger partial charge in [0.05, 0.1) is 5.39 Å². The Bertz CT molecular complexity index is 1130. The number of nitrogens with zero attached hydrogens (tertiary/aromatic N) is 4. The van der Waals surface area contributed by atoms with E-state index in [-0.39, 0.29) is 5.56 Å². The quantitative estimate of drug-likeness (QED) is 0.451. The van der Waals surface area contributed by atoms with Crippen molar-refractivity contribution < 1.29 is 0 Å². The van der Waals surface area contributed by atoms with Gasteiger partial charge in [-0.25, -0.2) is 0 Å². The molecule has 0 aliphatic rings. The van der Waals surface area contributed by atoms with E-state index in [1.165, 1.54) is 16.7 Å². The third-order valence-corrected chi connectivity index (χ3v) is 6.36. The van der Waals surface area contributed by atoms with E-state index in [0.717, 1.165) is 48.7 Å². The van der Waals surface area contributed by atoms with Crippen LogP contribution >= 0.6 is 0 Å². The van der Waals surface area contributed by atoms with Gasteiger partial charge in [0.2, 0.25) is 5.95 Å². The average Bonchev–Trinajstić information content (AvgIpc) is 3.00. The molecule has 3 rings (SSSR count). The molecule has 2 aromatic heterocycles.